The zero-order valence-electron chi connectivity index (χ0n) is 5.02. The molecule has 0 saturated heterocycles. The molecule has 0 amide bonds. The van der Waals surface area contributed by atoms with Gasteiger partial charge in [0.05, 0.1) is 13.0 Å². The number of aliphatic hydroxyl groups excluding tert-OH is 1. The summed E-state index contributed by atoms with van der Waals surface area (Å²) in [5, 5.41) is 29.6. The summed E-state index contributed by atoms with van der Waals surface area (Å²) in [5.74, 6) is -0.961. The molecule has 0 heterocycles. The van der Waals surface area contributed by atoms with E-state index in [1.54, 1.807) is 0 Å². The Morgan fingerprint density at radius 2 is 1.40 bits per heavy atom. The molecular formula is C4H8O6. The van der Waals surface area contributed by atoms with Crippen molar-refractivity contribution in [3.8, 4) is 0 Å². The van der Waals surface area contributed by atoms with E-state index in [9.17, 15) is 4.79 Å². The summed E-state index contributed by atoms with van der Waals surface area (Å²) in [6.07, 6.45) is -1.99. The first-order valence-corrected chi connectivity index (χ1v) is 2.25. The molecule has 0 atom stereocenters. The highest BCUT2D eigenvalue weighted by Crippen LogP contribution is 1.70. The minimum absolute atomic E-state index is 0.153. The Hall–Kier alpha value is -1.30. The van der Waals surface area contributed by atoms with Gasteiger partial charge in [0.1, 0.15) is 0 Å². The number of aliphatic hydroxyl groups is 1. The van der Waals surface area contributed by atoms with Crippen molar-refractivity contribution in [2.75, 3.05) is 6.61 Å². The maximum atomic E-state index is 9.44. The lowest BCUT2D eigenvalue weighted by Gasteiger charge is -1.79. The highest BCUT2D eigenvalue weighted by atomic mass is 16.6. The van der Waals surface area contributed by atoms with Crippen molar-refractivity contribution >= 4 is 12.1 Å². The van der Waals surface area contributed by atoms with Crippen LogP contribution in [0.15, 0.2) is 0 Å². The first kappa shape index (κ1) is 11.5. The molecule has 60 valence electrons. The quantitative estimate of drug-likeness (QED) is 0.430. The Kier molecular flexibility index (Phi) is 8.85. The van der Waals surface area contributed by atoms with E-state index >= 15 is 0 Å². The number of carbonyl (C=O) groups is 2. The summed E-state index contributed by atoms with van der Waals surface area (Å²) in [4.78, 5) is 18.0. The van der Waals surface area contributed by atoms with Gasteiger partial charge in [-0.3, -0.25) is 4.79 Å². The van der Waals surface area contributed by atoms with Crippen LogP contribution in [0.25, 0.3) is 0 Å². The molecule has 0 aliphatic heterocycles. The summed E-state index contributed by atoms with van der Waals surface area (Å²) in [5.41, 5.74) is 0. The molecule has 0 bridgehead atoms. The van der Waals surface area contributed by atoms with Gasteiger partial charge in [0.25, 0.3) is 0 Å². The molecule has 6 nitrogen and oxygen atoms in total. The van der Waals surface area contributed by atoms with Crippen LogP contribution in [0, 0.1) is 0 Å². The van der Waals surface area contributed by atoms with Crippen molar-refractivity contribution in [2.24, 2.45) is 0 Å². The minimum Gasteiger partial charge on any atom is -0.481 e. The number of hydrogen-bond acceptors (Lipinski definition) is 3. The van der Waals surface area contributed by atoms with Crippen molar-refractivity contribution < 1.29 is 30.0 Å². The third kappa shape index (κ3) is 75.3. The highest BCUT2D eigenvalue weighted by Gasteiger charge is 1.88. The molecule has 0 radical (unpaired) electrons. The molecule has 0 saturated carbocycles. The fraction of sp³-hybridized carbons (Fsp3) is 0.500. The molecule has 6 heteroatoms. The third-order valence-corrected chi connectivity index (χ3v) is 0.326. The highest BCUT2D eigenvalue weighted by molar-refractivity contribution is 5.66. The lowest BCUT2D eigenvalue weighted by atomic mass is 10.5. The van der Waals surface area contributed by atoms with Gasteiger partial charge in [-0.25, -0.2) is 4.79 Å². The normalized spacial score (nSPS) is 7.30. The van der Waals surface area contributed by atoms with E-state index in [0.717, 1.165) is 0 Å². The lowest BCUT2D eigenvalue weighted by molar-refractivity contribution is -0.137. The fourth-order valence-electron chi connectivity index (χ4n) is 0.0956. The Bertz CT molecular complexity index is 104. The van der Waals surface area contributed by atoms with Crippen LogP contribution in [-0.4, -0.2) is 39.2 Å². The van der Waals surface area contributed by atoms with E-state index in [1.165, 1.54) is 0 Å². The van der Waals surface area contributed by atoms with E-state index in [2.05, 4.69) is 0 Å². The zero-order valence-corrected chi connectivity index (χ0v) is 5.02. The van der Waals surface area contributed by atoms with Gasteiger partial charge in [0, 0.05) is 0 Å². The maximum Gasteiger partial charge on any atom is 0.503 e. The van der Waals surface area contributed by atoms with E-state index < -0.39 is 12.1 Å². The Morgan fingerprint density at radius 3 is 1.40 bits per heavy atom. The number of carboxylic acids is 1. The molecular weight excluding hydrogens is 144 g/mol. The molecule has 0 spiro atoms. The summed E-state index contributed by atoms with van der Waals surface area (Å²) in [7, 11) is 0. The van der Waals surface area contributed by atoms with Crippen LogP contribution in [0.3, 0.4) is 0 Å². The maximum absolute atomic E-state index is 9.44. The number of hydrogen-bond donors (Lipinski definition) is 4. The topological polar surface area (TPSA) is 115 Å². The number of aliphatic carboxylic acids is 1. The predicted molar refractivity (Wildman–Crippen MR) is 30.0 cm³/mol. The van der Waals surface area contributed by atoms with Gasteiger partial charge < -0.3 is 20.4 Å². The Morgan fingerprint density at radius 1 is 1.10 bits per heavy atom. The van der Waals surface area contributed by atoms with Crippen molar-refractivity contribution in [3.05, 3.63) is 0 Å². The molecule has 0 unspecified atom stereocenters. The van der Waals surface area contributed by atoms with Crippen LogP contribution in [-0.2, 0) is 4.79 Å². The summed E-state index contributed by atoms with van der Waals surface area (Å²) >= 11 is 0. The van der Waals surface area contributed by atoms with Crippen molar-refractivity contribution in [2.45, 2.75) is 6.42 Å². The number of carboxylic acid groups (broad SMARTS) is 3. The minimum atomic E-state index is -1.83. The second-order valence-corrected chi connectivity index (χ2v) is 1.15. The van der Waals surface area contributed by atoms with Crippen molar-refractivity contribution in [1.29, 1.82) is 0 Å². The van der Waals surface area contributed by atoms with Gasteiger partial charge in [0.15, 0.2) is 0 Å². The largest absolute Gasteiger partial charge is 0.503 e. The molecule has 0 rings (SSSR count). The molecule has 4 N–H and O–H groups in total. The van der Waals surface area contributed by atoms with E-state index in [4.69, 9.17) is 25.2 Å². The van der Waals surface area contributed by atoms with Gasteiger partial charge in [0.2, 0.25) is 0 Å². The average molecular weight is 152 g/mol. The molecule has 0 aromatic carbocycles. The summed E-state index contributed by atoms with van der Waals surface area (Å²) in [6.45, 7) is -0.269. The molecule has 0 fully saturated rings. The molecule has 10 heavy (non-hydrogen) atoms. The summed E-state index contributed by atoms with van der Waals surface area (Å²) in [6, 6.07) is 0. The van der Waals surface area contributed by atoms with Crippen molar-refractivity contribution in [3.63, 3.8) is 0 Å². The standard InChI is InChI=1S/C3H6O3.CH2O3/c4-2-1-3(5)6;2-1(3)4/h4H,1-2H2,(H,5,6);(H2,2,3,4). The molecule has 0 aromatic heterocycles. The van der Waals surface area contributed by atoms with Gasteiger partial charge in [-0.15, -0.1) is 0 Å². The fourth-order valence-corrected chi connectivity index (χ4v) is 0.0956. The smallest absolute Gasteiger partial charge is 0.481 e. The van der Waals surface area contributed by atoms with Crippen molar-refractivity contribution in [1.82, 2.24) is 0 Å². The SMILES string of the molecule is O=C(O)CCO.O=C(O)O. The summed E-state index contributed by atoms with van der Waals surface area (Å²) < 4.78 is 0. The van der Waals surface area contributed by atoms with Gasteiger partial charge in [-0.05, 0) is 0 Å². The third-order valence-electron chi connectivity index (χ3n) is 0.326. The van der Waals surface area contributed by atoms with E-state index in [1.807, 2.05) is 0 Å². The van der Waals surface area contributed by atoms with Crippen LogP contribution < -0.4 is 0 Å². The average Bonchev–Trinajstić information content (AvgIpc) is 1.62. The van der Waals surface area contributed by atoms with Crippen LogP contribution in [0.4, 0.5) is 4.79 Å². The van der Waals surface area contributed by atoms with Crippen LogP contribution in [0.5, 0.6) is 0 Å². The predicted octanol–water partition coefficient (Wildman–Crippen LogP) is -0.324. The molecule has 0 aromatic rings. The van der Waals surface area contributed by atoms with E-state index in [-0.39, 0.29) is 13.0 Å². The Balaban J connectivity index is 0. The molecule has 0 aliphatic rings. The Labute approximate surface area is 56.3 Å². The van der Waals surface area contributed by atoms with Crippen LogP contribution in [0.2, 0.25) is 0 Å². The van der Waals surface area contributed by atoms with Crippen LogP contribution in [0.1, 0.15) is 6.42 Å². The second-order valence-electron chi connectivity index (χ2n) is 1.15. The monoisotopic (exact) mass is 152 g/mol. The van der Waals surface area contributed by atoms with E-state index in [0.29, 0.717) is 0 Å². The number of rotatable bonds is 2. The van der Waals surface area contributed by atoms with Gasteiger partial charge in [-0.1, -0.05) is 0 Å². The first-order valence-electron chi connectivity index (χ1n) is 2.25. The van der Waals surface area contributed by atoms with Gasteiger partial charge in [-0.2, -0.15) is 0 Å². The van der Waals surface area contributed by atoms with Gasteiger partial charge >= 0.3 is 12.1 Å². The zero-order chi connectivity index (χ0) is 8.57. The van der Waals surface area contributed by atoms with Crippen LogP contribution >= 0.6 is 0 Å². The second kappa shape index (κ2) is 7.70. The lowest BCUT2D eigenvalue weighted by Crippen LogP contribution is -1.96. The first-order chi connectivity index (χ1) is 4.50. The molecule has 0 aliphatic carbocycles.